The highest BCUT2D eigenvalue weighted by atomic mass is 16.3. The number of piperidine rings is 1. The van der Waals surface area contributed by atoms with Gasteiger partial charge < -0.3 is 24.4 Å². The van der Waals surface area contributed by atoms with Crippen LogP contribution in [-0.2, 0) is 4.79 Å². The van der Waals surface area contributed by atoms with Crippen LogP contribution in [0.3, 0.4) is 0 Å². The van der Waals surface area contributed by atoms with Gasteiger partial charge in [0.15, 0.2) is 11.7 Å². The molecule has 0 radical (unpaired) electrons. The van der Waals surface area contributed by atoms with E-state index < -0.39 is 0 Å². The number of nitrogens with zero attached hydrogens (tertiary/aromatic N) is 4. The summed E-state index contributed by atoms with van der Waals surface area (Å²) in [5, 5.41) is 3.30. The molecule has 2 aliphatic rings. The molecular weight excluding hydrogens is 358 g/mol. The van der Waals surface area contributed by atoms with Crippen molar-refractivity contribution in [2.45, 2.75) is 26.2 Å². The Hall–Kier alpha value is -2.51. The molecule has 0 aromatic carbocycles. The van der Waals surface area contributed by atoms with Crippen LogP contribution in [0.5, 0.6) is 0 Å². The zero-order chi connectivity index (χ0) is 19.9. The van der Waals surface area contributed by atoms with Gasteiger partial charge in [0, 0.05) is 59.3 Å². The molecule has 1 unspecified atom stereocenters. The molecule has 0 aliphatic carbocycles. The van der Waals surface area contributed by atoms with E-state index in [1.165, 1.54) is 12.7 Å². The fourth-order valence-electron chi connectivity index (χ4n) is 3.86. The van der Waals surface area contributed by atoms with E-state index in [9.17, 15) is 9.59 Å². The summed E-state index contributed by atoms with van der Waals surface area (Å²) in [6.45, 7) is 7.16. The second-order valence-electron chi connectivity index (χ2n) is 7.57. The minimum Gasteiger partial charge on any atom is -0.459 e. The van der Waals surface area contributed by atoms with Crippen molar-refractivity contribution in [3.8, 4) is 0 Å². The van der Waals surface area contributed by atoms with Gasteiger partial charge in [0.25, 0.3) is 5.91 Å². The third-order valence-electron chi connectivity index (χ3n) is 5.44. The first-order chi connectivity index (χ1) is 13.6. The molecule has 1 atom stereocenters. The average molecular weight is 390 g/mol. The molecule has 2 saturated heterocycles. The Kier molecular flexibility index (Phi) is 6.95. The molecule has 8 nitrogen and oxygen atoms in total. The predicted octanol–water partition coefficient (Wildman–Crippen LogP) is 1.26. The average Bonchev–Trinajstić information content (AvgIpc) is 3.25. The van der Waals surface area contributed by atoms with Crippen molar-refractivity contribution in [2.24, 2.45) is 10.9 Å². The van der Waals surface area contributed by atoms with E-state index in [1.54, 1.807) is 24.1 Å². The monoisotopic (exact) mass is 389 g/mol. The smallest absolute Gasteiger partial charge is 0.289 e. The fraction of sp³-hybridized carbons (Fsp3) is 0.650. The van der Waals surface area contributed by atoms with Crippen LogP contribution >= 0.6 is 0 Å². The molecule has 0 saturated carbocycles. The Morgan fingerprint density at radius 3 is 2.57 bits per heavy atom. The van der Waals surface area contributed by atoms with Crippen LogP contribution in [0.25, 0.3) is 0 Å². The number of rotatable bonds is 4. The predicted molar refractivity (Wildman–Crippen MR) is 107 cm³/mol. The number of amides is 2. The van der Waals surface area contributed by atoms with Crippen LogP contribution in [-0.4, -0.2) is 85.3 Å². The Morgan fingerprint density at radius 2 is 1.93 bits per heavy atom. The molecule has 1 aromatic heterocycles. The van der Waals surface area contributed by atoms with E-state index in [-0.39, 0.29) is 11.8 Å². The first kappa shape index (κ1) is 20.2. The number of aliphatic imine (C=N–C) groups is 1. The van der Waals surface area contributed by atoms with Gasteiger partial charge in [0.1, 0.15) is 0 Å². The molecular formula is C20H31N5O3. The summed E-state index contributed by atoms with van der Waals surface area (Å²) in [6, 6.07) is 3.41. The molecule has 2 amide bonds. The van der Waals surface area contributed by atoms with Crippen LogP contribution in [0.1, 0.15) is 36.7 Å². The first-order valence-electron chi connectivity index (χ1n) is 10.1. The molecule has 1 N–H and O–H groups in total. The van der Waals surface area contributed by atoms with Crippen LogP contribution < -0.4 is 5.32 Å². The summed E-state index contributed by atoms with van der Waals surface area (Å²) < 4.78 is 5.20. The van der Waals surface area contributed by atoms with Crippen molar-refractivity contribution in [1.82, 2.24) is 20.0 Å². The van der Waals surface area contributed by atoms with E-state index in [0.29, 0.717) is 50.8 Å². The minimum absolute atomic E-state index is 0.0750. The number of hydrogen-bond acceptors (Lipinski definition) is 4. The number of hydrogen-bond donors (Lipinski definition) is 1. The topological polar surface area (TPSA) is 81.4 Å². The summed E-state index contributed by atoms with van der Waals surface area (Å²) >= 11 is 0. The van der Waals surface area contributed by atoms with Gasteiger partial charge in [-0.3, -0.25) is 14.6 Å². The number of guanidine groups is 1. The lowest BCUT2D eigenvalue weighted by atomic mass is 10.00. The molecule has 3 rings (SSSR count). The number of nitrogens with one attached hydrogen (secondary N) is 1. The van der Waals surface area contributed by atoms with Crippen LogP contribution in [0.15, 0.2) is 27.8 Å². The van der Waals surface area contributed by atoms with Gasteiger partial charge in [-0.05, 0) is 30.9 Å². The summed E-state index contributed by atoms with van der Waals surface area (Å²) in [4.78, 5) is 35.0. The Bertz CT molecular complexity index is 680. The second-order valence-corrected chi connectivity index (χ2v) is 7.57. The normalized spacial score (nSPS) is 21.0. The lowest BCUT2D eigenvalue weighted by molar-refractivity contribution is -0.132. The van der Waals surface area contributed by atoms with Crippen molar-refractivity contribution in [3.05, 3.63) is 24.2 Å². The van der Waals surface area contributed by atoms with E-state index in [1.807, 2.05) is 4.90 Å². The maximum absolute atomic E-state index is 12.4. The highest BCUT2D eigenvalue weighted by molar-refractivity contribution is 5.91. The summed E-state index contributed by atoms with van der Waals surface area (Å²) in [5.74, 6) is 1.89. The Morgan fingerprint density at radius 1 is 1.18 bits per heavy atom. The highest BCUT2D eigenvalue weighted by Gasteiger charge is 2.25. The van der Waals surface area contributed by atoms with Crippen LogP contribution in [0.4, 0.5) is 0 Å². The van der Waals surface area contributed by atoms with E-state index >= 15 is 0 Å². The third-order valence-corrected chi connectivity index (χ3v) is 5.44. The third kappa shape index (κ3) is 5.05. The van der Waals surface area contributed by atoms with Gasteiger partial charge in [0.2, 0.25) is 5.91 Å². The molecule has 2 fully saturated rings. The Balaban J connectivity index is 1.41. The molecule has 28 heavy (non-hydrogen) atoms. The lowest BCUT2D eigenvalue weighted by Gasteiger charge is -2.36. The first-order valence-corrected chi connectivity index (χ1v) is 10.1. The fourth-order valence-corrected chi connectivity index (χ4v) is 3.86. The lowest BCUT2D eigenvalue weighted by Crippen LogP contribution is -2.54. The van der Waals surface area contributed by atoms with E-state index in [2.05, 4.69) is 22.1 Å². The van der Waals surface area contributed by atoms with Crippen molar-refractivity contribution in [3.63, 3.8) is 0 Å². The van der Waals surface area contributed by atoms with Gasteiger partial charge in [-0.25, -0.2) is 0 Å². The quantitative estimate of drug-likeness (QED) is 0.619. The summed E-state index contributed by atoms with van der Waals surface area (Å²) in [7, 11) is 1.75. The van der Waals surface area contributed by atoms with E-state index in [4.69, 9.17) is 4.42 Å². The van der Waals surface area contributed by atoms with Crippen molar-refractivity contribution in [1.29, 1.82) is 0 Å². The molecule has 154 valence electrons. The van der Waals surface area contributed by atoms with Gasteiger partial charge in [0.05, 0.1) is 6.26 Å². The number of carbonyl (C=O) groups excluding carboxylic acids is 2. The SMILES string of the molecule is CN=C(NCCC(=O)N1CCCC(C)C1)N1CCN(C(=O)c2ccco2)CC1. The molecule has 0 spiro atoms. The number of piperazine rings is 1. The molecule has 8 heteroatoms. The Labute approximate surface area is 166 Å². The number of furan rings is 1. The molecule has 1 aromatic rings. The van der Waals surface area contributed by atoms with E-state index in [0.717, 1.165) is 25.5 Å². The molecule has 2 aliphatic heterocycles. The molecule has 3 heterocycles. The largest absolute Gasteiger partial charge is 0.459 e. The maximum Gasteiger partial charge on any atom is 0.289 e. The zero-order valence-corrected chi connectivity index (χ0v) is 16.9. The van der Waals surface area contributed by atoms with Gasteiger partial charge in [-0.1, -0.05) is 6.92 Å². The van der Waals surface area contributed by atoms with Gasteiger partial charge in [-0.15, -0.1) is 0 Å². The minimum atomic E-state index is -0.0750. The zero-order valence-electron chi connectivity index (χ0n) is 16.9. The molecule has 0 bridgehead atoms. The van der Waals surface area contributed by atoms with Crippen molar-refractivity contribution < 1.29 is 14.0 Å². The standard InChI is InChI=1S/C20H31N5O3/c1-16-5-3-9-25(15-16)18(26)7-8-22-20(21-2)24-12-10-23(11-13-24)19(27)17-6-4-14-28-17/h4,6,14,16H,3,5,7-13,15H2,1-2H3,(H,21,22). The number of likely N-dealkylation sites (tertiary alicyclic amines) is 1. The summed E-state index contributed by atoms with van der Waals surface area (Å²) in [6.07, 6.45) is 4.30. The van der Waals surface area contributed by atoms with Crippen LogP contribution in [0, 0.1) is 5.92 Å². The highest BCUT2D eigenvalue weighted by Crippen LogP contribution is 2.16. The van der Waals surface area contributed by atoms with Gasteiger partial charge in [-0.2, -0.15) is 0 Å². The van der Waals surface area contributed by atoms with Crippen molar-refractivity contribution >= 4 is 17.8 Å². The van der Waals surface area contributed by atoms with Crippen molar-refractivity contribution in [2.75, 3.05) is 52.9 Å². The summed E-state index contributed by atoms with van der Waals surface area (Å²) in [5.41, 5.74) is 0. The van der Waals surface area contributed by atoms with Gasteiger partial charge >= 0.3 is 0 Å². The maximum atomic E-state index is 12.4. The van der Waals surface area contributed by atoms with Crippen LogP contribution in [0.2, 0.25) is 0 Å². The number of carbonyl (C=O) groups is 2. The second kappa shape index (κ2) is 9.61.